The Morgan fingerprint density at radius 1 is 1.00 bits per heavy atom. The molecule has 0 bridgehead atoms. The van der Waals surface area contributed by atoms with Crippen LogP contribution in [-0.4, -0.2) is 78.4 Å². The SMILES string of the molecule is CCC1CCOCC1.N#Cc1c(N)sc2c(F)ccc(-c3c(C(F)(F)F)c4c5c(nc(OCC6(CN7CCC8(CC7)CC8(F)F)CC6)nc5c3F)N(Cc3cccnc3N)CCO4)c12. The van der Waals surface area contributed by atoms with Crippen LogP contribution in [0.5, 0.6) is 11.8 Å². The first-order valence-corrected chi connectivity index (χ1v) is 22.3. The lowest BCUT2D eigenvalue weighted by molar-refractivity contribution is -0.138. The number of nitrogens with two attached hydrogens (primary N) is 2. The Hall–Kier alpha value is -5.19. The average molecular weight is 913 g/mol. The van der Waals surface area contributed by atoms with Gasteiger partial charge in [0.2, 0.25) is 0 Å². The molecule has 5 aromatic rings. The van der Waals surface area contributed by atoms with Crippen molar-refractivity contribution in [2.75, 3.05) is 69.0 Å². The van der Waals surface area contributed by atoms with Crippen LogP contribution < -0.4 is 25.8 Å². The fraction of sp³-hybridized carbons (Fsp3) is 0.511. The number of pyridine rings is 1. The van der Waals surface area contributed by atoms with Crippen LogP contribution in [-0.2, 0) is 17.5 Å². The van der Waals surface area contributed by atoms with E-state index in [0.29, 0.717) is 49.4 Å². The van der Waals surface area contributed by atoms with E-state index in [2.05, 4.69) is 26.8 Å². The van der Waals surface area contributed by atoms with Crippen molar-refractivity contribution in [3.8, 4) is 29.0 Å². The number of ether oxygens (including phenoxy) is 3. The second kappa shape index (κ2) is 16.7. The summed E-state index contributed by atoms with van der Waals surface area (Å²) in [5, 5.41) is 9.15. The van der Waals surface area contributed by atoms with E-state index in [1.165, 1.54) is 25.5 Å². The zero-order valence-electron chi connectivity index (χ0n) is 35.1. The molecule has 4 N–H and O–H groups in total. The Kier molecular flexibility index (Phi) is 11.5. The van der Waals surface area contributed by atoms with Gasteiger partial charge >= 0.3 is 12.2 Å². The van der Waals surface area contributed by atoms with Crippen LogP contribution in [0, 0.1) is 39.7 Å². The van der Waals surface area contributed by atoms with Gasteiger partial charge in [0.05, 0.1) is 28.8 Å². The number of thiophene rings is 1. The molecule has 19 heteroatoms. The predicted molar refractivity (Wildman–Crippen MR) is 228 cm³/mol. The summed E-state index contributed by atoms with van der Waals surface area (Å²) in [6.45, 7) is 5.68. The number of piperidine rings is 1. The highest BCUT2D eigenvalue weighted by Gasteiger charge is 2.70. The van der Waals surface area contributed by atoms with Crippen molar-refractivity contribution in [1.82, 2.24) is 19.9 Å². The summed E-state index contributed by atoms with van der Waals surface area (Å²) in [6.07, 6.45) is 2.46. The third-order valence-corrected chi connectivity index (χ3v) is 14.7. The largest absolute Gasteiger partial charge is 0.490 e. The minimum atomic E-state index is -5.23. The van der Waals surface area contributed by atoms with E-state index < -0.39 is 57.1 Å². The Bertz CT molecular complexity index is 2640. The van der Waals surface area contributed by atoms with Crippen LogP contribution in [0.3, 0.4) is 0 Å². The van der Waals surface area contributed by atoms with E-state index in [9.17, 15) is 14.0 Å². The first-order valence-electron chi connectivity index (χ1n) is 21.5. The van der Waals surface area contributed by atoms with Gasteiger partial charge in [-0.25, -0.2) is 22.5 Å². The van der Waals surface area contributed by atoms with Gasteiger partial charge in [-0.05, 0) is 75.2 Å². The Morgan fingerprint density at radius 2 is 1.73 bits per heavy atom. The van der Waals surface area contributed by atoms with Gasteiger partial charge in [0.1, 0.15) is 52.0 Å². The fourth-order valence-corrected chi connectivity index (χ4v) is 10.4. The quantitative estimate of drug-likeness (QED) is 0.136. The number of alkyl halides is 5. The number of likely N-dealkylation sites (tertiary alicyclic amines) is 1. The van der Waals surface area contributed by atoms with Gasteiger partial charge in [-0.1, -0.05) is 25.5 Å². The van der Waals surface area contributed by atoms with Crippen LogP contribution in [0.2, 0.25) is 0 Å². The smallest absolute Gasteiger partial charge is 0.420 e. The highest BCUT2D eigenvalue weighted by atomic mass is 32.1. The summed E-state index contributed by atoms with van der Waals surface area (Å²) in [7, 11) is 0. The third kappa shape index (κ3) is 8.10. The summed E-state index contributed by atoms with van der Waals surface area (Å²) in [5.41, 5.74) is 7.67. The molecule has 2 aliphatic carbocycles. The van der Waals surface area contributed by atoms with Crippen molar-refractivity contribution in [2.24, 2.45) is 16.7 Å². The van der Waals surface area contributed by atoms with Gasteiger partial charge in [0.25, 0.3) is 5.92 Å². The Morgan fingerprint density at radius 3 is 2.36 bits per heavy atom. The molecule has 3 aromatic heterocycles. The third-order valence-electron chi connectivity index (χ3n) is 13.6. The van der Waals surface area contributed by atoms with Gasteiger partial charge in [0.15, 0.2) is 5.82 Å². The van der Waals surface area contributed by atoms with Crippen LogP contribution in [0.1, 0.15) is 75.0 Å². The number of benzene rings is 2. The van der Waals surface area contributed by atoms with E-state index in [1.54, 1.807) is 17.0 Å². The number of halogens is 7. The van der Waals surface area contributed by atoms with Crippen LogP contribution in [0.15, 0.2) is 30.5 Å². The van der Waals surface area contributed by atoms with Crippen LogP contribution in [0.4, 0.5) is 47.4 Å². The number of rotatable bonds is 9. The number of aromatic nitrogens is 3. The van der Waals surface area contributed by atoms with E-state index in [1.807, 2.05) is 6.07 Å². The van der Waals surface area contributed by atoms with Crippen molar-refractivity contribution in [3.63, 3.8) is 0 Å². The lowest BCUT2D eigenvalue weighted by atomic mass is 9.91. The maximum Gasteiger partial charge on any atom is 0.420 e. The number of hydrogen-bond acceptors (Lipinski definition) is 12. The monoisotopic (exact) mass is 912 g/mol. The average Bonchev–Trinajstić information content (AvgIpc) is 4.13. The summed E-state index contributed by atoms with van der Waals surface area (Å²) in [4.78, 5) is 16.8. The molecule has 3 aliphatic heterocycles. The minimum Gasteiger partial charge on any atom is -0.490 e. The predicted octanol–water partition coefficient (Wildman–Crippen LogP) is 9.74. The minimum absolute atomic E-state index is 0.0104. The highest BCUT2D eigenvalue weighted by Crippen LogP contribution is 2.66. The maximum absolute atomic E-state index is 17.4. The van der Waals surface area contributed by atoms with E-state index in [-0.39, 0.29) is 81.8 Å². The molecule has 11 nitrogen and oxygen atoms in total. The molecular formula is C45H47F7N8O3S. The molecule has 0 radical (unpaired) electrons. The molecule has 0 amide bonds. The van der Waals surface area contributed by atoms with Crippen molar-refractivity contribution in [2.45, 2.75) is 76.9 Å². The Balaban J connectivity index is 0.000000586. The first-order chi connectivity index (χ1) is 30.6. The lowest BCUT2D eigenvalue weighted by Gasteiger charge is -2.34. The van der Waals surface area contributed by atoms with Crippen molar-refractivity contribution < 1.29 is 44.9 Å². The molecule has 4 fully saturated rings. The van der Waals surface area contributed by atoms with Crippen molar-refractivity contribution >= 4 is 49.0 Å². The summed E-state index contributed by atoms with van der Waals surface area (Å²) >= 11 is 0.664. The number of anilines is 3. The molecule has 340 valence electrons. The van der Waals surface area contributed by atoms with Gasteiger partial charge < -0.3 is 35.5 Å². The topological polar surface area (TPSA) is 149 Å². The second-order valence-corrected chi connectivity index (χ2v) is 18.8. The molecule has 64 heavy (non-hydrogen) atoms. The van der Waals surface area contributed by atoms with E-state index >= 15 is 22.0 Å². The lowest BCUT2D eigenvalue weighted by Crippen LogP contribution is -2.41. The number of nitrogen functional groups attached to an aromatic ring is 2. The molecule has 2 saturated heterocycles. The van der Waals surface area contributed by atoms with Gasteiger partial charge in [0, 0.05) is 66.3 Å². The molecule has 6 heterocycles. The summed E-state index contributed by atoms with van der Waals surface area (Å²) in [5.74, 6) is -4.59. The molecule has 2 aromatic carbocycles. The van der Waals surface area contributed by atoms with Crippen LogP contribution >= 0.6 is 11.3 Å². The normalized spacial score (nSPS) is 20.0. The molecule has 10 rings (SSSR count). The molecule has 5 aliphatic rings. The maximum atomic E-state index is 17.4. The van der Waals surface area contributed by atoms with E-state index in [0.717, 1.165) is 44.1 Å². The Labute approximate surface area is 368 Å². The van der Waals surface area contributed by atoms with E-state index in [4.69, 9.17) is 25.7 Å². The fourth-order valence-electron chi connectivity index (χ4n) is 9.48. The molecule has 2 saturated carbocycles. The van der Waals surface area contributed by atoms with Crippen molar-refractivity contribution in [1.29, 1.82) is 5.26 Å². The number of hydrogen-bond donors (Lipinski definition) is 2. The van der Waals surface area contributed by atoms with Gasteiger partial charge in [-0.3, -0.25) is 0 Å². The summed E-state index contributed by atoms with van der Waals surface area (Å²) in [6, 6.07) is 6.73. The standard InChI is InChI=1S/C38H33F7N8O2S.C7H14O/c39-22-4-3-20(23-21(14-46)32(48)56-30(22)23)24-26(38(43,44)45)29-25-28(27(24)40)50-34(51-33(25)53(12-13-54-29)15-19-2-1-9-49-31(19)47)55-18-35(5-6-35)17-52-10-7-36(8-11-52)16-37(36,41)42;1-2-7-3-5-8-6-4-7/h1-4,9H,5-8,10-13,15-18,48H2,(H2,47,49);7H,2-6H2,1H3. The zero-order chi connectivity index (χ0) is 45.2. The molecular weight excluding hydrogens is 866 g/mol. The first kappa shape index (κ1) is 44.0. The van der Waals surface area contributed by atoms with Gasteiger partial charge in [-0.2, -0.15) is 28.4 Å². The summed E-state index contributed by atoms with van der Waals surface area (Å²) < 4.78 is 124. The van der Waals surface area contributed by atoms with Gasteiger partial charge in [-0.15, -0.1) is 11.3 Å². The van der Waals surface area contributed by atoms with Crippen molar-refractivity contribution in [3.05, 3.63) is 58.8 Å². The molecule has 0 unspecified atom stereocenters. The number of nitrogens with zero attached hydrogens (tertiary/aromatic N) is 6. The number of nitriles is 1. The second-order valence-electron chi connectivity index (χ2n) is 17.7. The molecule has 1 spiro atoms. The number of fused-ring (bicyclic) bond motifs is 1. The van der Waals surface area contributed by atoms with Crippen LogP contribution in [0.25, 0.3) is 32.1 Å². The molecule has 0 atom stereocenters. The highest BCUT2D eigenvalue weighted by molar-refractivity contribution is 7.23. The zero-order valence-corrected chi connectivity index (χ0v) is 35.9.